The SMILES string of the molecule is COCC1CN(C(C)=O)CC12CCN(C(=O)C1(F)CC1)CC2. The average molecular weight is 312 g/mol. The zero-order valence-corrected chi connectivity index (χ0v) is 13.4. The van der Waals surface area contributed by atoms with Crippen LogP contribution in [0.25, 0.3) is 0 Å². The molecule has 0 N–H and O–H groups in total. The van der Waals surface area contributed by atoms with Crippen LogP contribution >= 0.6 is 0 Å². The summed E-state index contributed by atoms with van der Waals surface area (Å²) >= 11 is 0. The van der Waals surface area contributed by atoms with Crippen LogP contribution in [0.15, 0.2) is 0 Å². The number of carbonyl (C=O) groups excluding carboxylic acids is 2. The first kappa shape index (κ1) is 15.7. The number of likely N-dealkylation sites (tertiary alicyclic amines) is 2. The van der Waals surface area contributed by atoms with E-state index in [1.165, 1.54) is 0 Å². The minimum Gasteiger partial charge on any atom is -0.384 e. The largest absolute Gasteiger partial charge is 0.384 e. The number of alkyl halides is 1. The second-order valence-corrected chi connectivity index (χ2v) is 7.17. The van der Waals surface area contributed by atoms with Crippen LogP contribution in [0, 0.1) is 11.3 Å². The number of rotatable bonds is 3. The molecular formula is C16H25FN2O3. The van der Waals surface area contributed by atoms with Gasteiger partial charge in [-0.1, -0.05) is 0 Å². The third-order valence-corrected chi connectivity index (χ3v) is 5.74. The number of hydrogen-bond donors (Lipinski definition) is 0. The monoisotopic (exact) mass is 312 g/mol. The Labute approximate surface area is 130 Å². The zero-order valence-electron chi connectivity index (χ0n) is 13.4. The number of piperidine rings is 1. The summed E-state index contributed by atoms with van der Waals surface area (Å²) in [6.07, 6.45) is 2.40. The molecule has 0 aromatic rings. The lowest BCUT2D eigenvalue weighted by Crippen LogP contribution is -2.49. The number of methoxy groups -OCH3 is 1. The van der Waals surface area contributed by atoms with Crippen molar-refractivity contribution in [2.75, 3.05) is 39.9 Å². The summed E-state index contributed by atoms with van der Waals surface area (Å²) in [5.41, 5.74) is -1.55. The standard InChI is InChI=1S/C16H25FN2O3/c1-12(20)19-9-13(10-22-2)15(11-19)5-7-18(8-6-15)14(21)16(17)3-4-16/h13H,3-11H2,1-2H3. The van der Waals surface area contributed by atoms with Crippen LogP contribution in [-0.2, 0) is 14.3 Å². The molecule has 5 nitrogen and oxygen atoms in total. The van der Waals surface area contributed by atoms with E-state index in [1.54, 1.807) is 18.9 Å². The van der Waals surface area contributed by atoms with Crippen molar-refractivity contribution in [2.45, 2.75) is 38.3 Å². The Morgan fingerprint density at radius 2 is 1.82 bits per heavy atom. The Morgan fingerprint density at radius 3 is 2.32 bits per heavy atom. The first-order valence-electron chi connectivity index (χ1n) is 8.13. The average Bonchev–Trinajstić information content (AvgIpc) is 3.15. The third-order valence-electron chi connectivity index (χ3n) is 5.74. The molecule has 2 aliphatic heterocycles. The number of carbonyl (C=O) groups is 2. The topological polar surface area (TPSA) is 49.9 Å². The molecule has 3 fully saturated rings. The quantitative estimate of drug-likeness (QED) is 0.787. The molecule has 1 saturated carbocycles. The number of hydrogen-bond acceptors (Lipinski definition) is 3. The van der Waals surface area contributed by atoms with E-state index in [0.717, 1.165) is 25.9 Å². The molecule has 2 heterocycles. The normalized spacial score (nSPS) is 29.0. The van der Waals surface area contributed by atoms with Crippen LogP contribution in [0.3, 0.4) is 0 Å². The van der Waals surface area contributed by atoms with E-state index in [4.69, 9.17) is 4.74 Å². The number of nitrogens with zero attached hydrogens (tertiary/aromatic N) is 2. The minimum atomic E-state index is -1.57. The van der Waals surface area contributed by atoms with Crippen LogP contribution in [0.5, 0.6) is 0 Å². The Hall–Kier alpha value is -1.17. The smallest absolute Gasteiger partial charge is 0.260 e. The molecule has 0 aromatic heterocycles. The van der Waals surface area contributed by atoms with E-state index in [9.17, 15) is 14.0 Å². The van der Waals surface area contributed by atoms with Gasteiger partial charge in [0.15, 0.2) is 5.67 Å². The minimum absolute atomic E-state index is 0.0193. The molecule has 2 amide bonds. The van der Waals surface area contributed by atoms with Gasteiger partial charge in [-0.15, -0.1) is 0 Å². The first-order chi connectivity index (χ1) is 10.4. The Kier molecular flexibility index (Phi) is 3.91. The van der Waals surface area contributed by atoms with Gasteiger partial charge in [0.25, 0.3) is 5.91 Å². The second kappa shape index (κ2) is 5.48. The Bertz CT molecular complexity index is 470. The van der Waals surface area contributed by atoms with Crippen molar-refractivity contribution in [3.05, 3.63) is 0 Å². The molecule has 6 heteroatoms. The molecule has 3 aliphatic rings. The van der Waals surface area contributed by atoms with Gasteiger partial charge >= 0.3 is 0 Å². The lowest BCUT2D eigenvalue weighted by Gasteiger charge is -2.42. The molecule has 0 radical (unpaired) electrons. The second-order valence-electron chi connectivity index (χ2n) is 7.17. The van der Waals surface area contributed by atoms with Gasteiger partial charge < -0.3 is 14.5 Å². The number of ether oxygens (including phenoxy) is 1. The maximum Gasteiger partial charge on any atom is 0.260 e. The summed E-state index contributed by atoms with van der Waals surface area (Å²) in [6, 6.07) is 0. The summed E-state index contributed by atoms with van der Waals surface area (Å²) in [6.45, 7) is 4.88. The highest BCUT2D eigenvalue weighted by Crippen LogP contribution is 2.47. The molecule has 0 bridgehead atoms. The van der Waals surface area contributed by atoms with Crippen LogP contribution in [0.2, 0.25) is 0 Å². The predicted octanol–water partition coefficient (Wildman–Crippen LogP) is 1.22. The van der Waals surface area contributed by atoms with Crippen molar-refractivity contribution in [3.63, 3.8) is 0 Å². The first-order valence-corrected chi connectivity index (χ1v) is 8.13. The lowest BCUT2D eigenvalue weighted by atomic mass is 9.71. The highest BCUT2D eigenvalue weighted by Gasteiger charge is 2.55. The highest BCUT2D eigenvalue weighted by atomic mass is 19.1. The van der Waals surface area contributed by atoms with Crippen molar-refractivity contribution in [1.82, 2.24) is 9.80 Å². The highest BCUT2D eigenvalue weighted by molar-refractivity contribution is 5.88. The van der Waals surface area contributed by atoms with Gasteiger partial charge in [-0.05, 0) is 31.1 Å². The molecule has 124 valence electrons. The van der Waals surface area contributed by atoms with Gasteiger partial charge in [0.2, 0.25) is 5.91 Å². The van der Waals surface area contributed by atoms with Gasteiger partial charge in [0, 0.05) is 46.1 Å². The fraction of sp³-hybridized carbons (Fsp3) is 0.875. The Morgan fingerprint density at radius 1 is 1.18 bits per heavy atom. The van der Waals surface area contributed by atoms with Crippen molar-refractivity contribution in [2.24, 2.45) is 11.3 Å². The van der Waals surface area contributed by atoms with Gasteiger partial charge in [-0.2, -0.15) is 0 Å². The van der Waals surface area contributed by atoms with Crippen molar-refractivity contribution in [3.8, 4) is 0 Å². The van der Waals surface area contributed by atoms with Crippen LogP contribution in [0.1, 0.15) is 32.6 Å². The van der Waals surface area contributed by atoms with Crippen LogP contribution < -0.4 is 0 Å². The number of amides is 2. The molecule has 0 aromatic carbocycles. The molecule has 1 atom stereocenters. The fourth-order valence-corrected chi connectivity index (χ4v) is 4.03. The van der Waals surface area contributed by atoms with E-state index in [0.29, 0.717) is 38.5 Å². The van der Waals surface area contributed by atoms with Crippen molar-refractivity contribution >= 4 is 11.8 Å². The maximum atomic E-state index is 13.9. The summed E-state index contributed by atoms with van der Waals surface area (Å²) in [7, 11) is 1.68. The van der Waals surface area contributed by atoms with Crippen LogP contribution in [-0.4, -0.2) is 67.2 Å². The molecule has 1 unspecified atom stereocenters. The van der Waals surface area contributed by atoms with Gasteiger partial charge in [0.1, 0.15) is 0 Å². The van der Waals surface area contributed by atoms with E-state index < -0.39 is 5.67 Å². The van der Waals surface area contributed by atoms with Crippen molar-refractivity contribution < 1.29 is 18.7 Å². The third kappa shape index (κ3) is 2.62. The number of halogens is 1. The molecule has 2 saturated heterocycles. The van der Waals surface area contributed by atoms with E-state index >= 15 is 0 Å². The molecular weight excluding hydrogens is 287 g/mol. The summed E-state index contributed by atoms with van der Waals surface area (Å²) < 4.78 is 19.3. The van der Waals surface area contributed by atoms with Crippen molar-refractivity contribution in [1.29, 1.82) is 0 Å². The zero-order chi connectivity index (χ0) is 16.0. The lowest BCUT2D eigenvalue weighted by molar-refractivity contribution is -0.141. The predicted molar refractivity (Wildman–Crippen MR) is 78.9 cm³/mol. The molecule has 1 aliphatic carbocycles. The summed E-state index contributed by atoms with van der Waals surface area (Å²) in [4.78, 5) is 27.4. The van der Waals surface area contributed by atoms with E-state index in [1.807, 2.05) is 4.90 Å². The molecule has 22 heavy (non-hydrogen) atoms. The van der Waals surface area contributed by atoms with E-state index in [2.05, 4.69) is 0 Å². The van der Waals surface area contributed by atoms with Gasteiger partial charge in [0.05, 0.1) is 6.61 Å². The molecule has 1 spiro atoms. The fourth-order valence-electron chi connectivity index (χ4n) is 4.03. The van der Waals surface area contributed by atoms with Gasteiger partial charge in [-0.25, -0.2) is 4.39 Å². The van der Waals surface area contributed by atoms with Crippen LogP contribution in [0.4, 0.5) is 4.39 Å². The summed E-state index contributed by atoms with van der Waals surface area (Å²) in [5, 5.41) is 0. The van der Waals surface area contributed by atoms with E-state index in [-0.39, 0.29) is 17.2 Å². The molecule has 3 rings (SSSR count). The van der Waals surface area contributed by atoms with Gasteiger partial charge in [-0.3, -0.25) is 9.59 Å². The maximum absolute atomic E-state index is 13.9. The summed E-state index contributed by atoms with van der Waals surface area (Å²) in [5.74, 6) is 0.0724. The Balaban J connectivity index is 1.66.